The van der Waals surface area contributed by atoms with Crippen LogP contribution in [0.1, 0.15) is 38.1 Å². The maximum Gasteiger partial charge on any atom is 0.315 e. The first-order valence-corrected chi connectivity index (χ1v) is 6.33. The van der Waals surface area contributed by atoms with Gasteiger partial charge in [0.25, 0.3) is 0 Å². The molecule has 1 aromatic rings. The minimum absolute atomic E-state index is 0.207. The first kappa shape index (κ1) is 15.5. The summed E-state index contributed by atoms with van der Waals surface area (Å²) in [6, 6.07) is -0.350. The summed E-state index contributed by atoms with van der Waals surface area (Å²) in [6.07, 6.45) is -0.593. The molecule has 0 fully saturated rings. The molecule has 1 rings (SSSR count). The van der Waals surface area contributed by atoms with Crippen LogP contribution < -0.4 is 10.6 Å². The SMILES string of the molecule is Cc1nc(CNC(=O)NCC(O)C(C)(C)C)oc1C. The second kappa shape index (κ2) is 6.06. The molecule has 0 spiro atoms. The summed E-state index contributed by atoms with van der Waals surface area (Å²) >= 11 is 0. The third-order valence-electron chi connectivity index (χ3n) is 2.93. The number of aromatic nitrogens is 1. The summed E-state index contributed by atoms with van der Waals surface area (Å²) in [5.41, 5.74) is 0.560. The maximum absolute atomic E-state index is 11.5. The van der Waals surface area contributed by atoms with Crippen LogP contribution in [0.3, 0.4) is 0 Å². The Bertz CT molecular complexity index is 415. The van der Waals surface area contributed by atoms with Crippen molar-refractivity contribution in [3.05, 3.63) is 17.3 Å². The van der Waals surface area contributed by atoms with Crippen LogP contribution in [-0.4, -0.2) is 28.8 Å². The molecular weight excluding hydrogens is 246 g/mol. The highest BCUT2D eigenvalue weighted by molar-refractivity contribution is 5.73. The molecule has 0 aliphatic rings. The van der Waals surface area contributed by atoms with Gasteiger partial charge in [0.1, 0.15) is 5.76 Å². The predicted octanol–water partition coefficient (Wildman–Crippen LogP) is 1.50. The zero-order valence-electron chi connectivity index (χ0n) is 12.2. The molecule has 0 bridgehead atoms. The number of aliphatic hydroxyl groups is 1. The summed E-state index contributed by atoms with van der Waals surface area (Å²) < 4.78 is 5.34. The number of aliphatic hydroxyl groups excluding tert-OH is 1. The Morgan fingerprint density at radius 3 is 2.47 bits per heavy atom. The molecule has 0 saturated heterocycles. The van der Waals surface area contributed by atoms with Gasteiger partial charge in [-0.25, -0.2) is 9.78 Å². The number of nitrogens with zero attached hydrogens (tertiary/aromatic N) is 1. The first-order chi connectivity index (χ1) is 8.70. The molecule has 6 heteroatoms. The first-order valence-electron chi connectivity index (χ1n) is 6.33. The molecule has 0 aliphatic carbocycles. The Balaban J connectivity index is 2.32. The zero-order valence-corrected chi connectivity index (χ0v) is 12.2. The minimum atomic E-state index is -0.593. The predicted molar refractivity (Wildman–Crippen MR) is 71.7 cm³/mol. The van der Waals surface area contributed by atoms with Gasteiger partial charge in [-0.3, -0.25) is 0 Å². The maximum atomic E-state index is 11.5. The molecule has 0 aliphatic heterocycles. The zero-order chi connectivity index (χ0) is 14.6. The van der Waals surface area contributed by atoms with Crippen LogP contribution in [0.25, 0.3) is 0 Å². The third kappa shape index (κ3) is 4.90. The van der Waals surface area contributed by atoms with E-state index in [0.29, 0.717) is 5.89 Å². The lowest BCUT2D eigenvalue weighted by molar-refractivity contribution is 0.0649. The highest BCUT2D eigenvalue weighted by atomic mass is 16.4. The van der Waals surface area contributed by atoms with Crippen molar-refractivity contribution < 1.29 is 14.3 Å². The van der Waals surface area contributed by atoms with Gasteiger partial charge in [-0.2, -0.15) is 0 Å². The number of urea groups is 1. The molecule has 108 valence electrons. The van der Waals surface area contributed by atoms with Crippen molar-refractivity contribution in [1.29, 1.82) is 0 Å². The monoisotopic (exact) mass is 269 g/mol. The van der Waals surface area contributed by atoms with E-state index in [9.17, 15) is 9.90 Å². The molecule has 1 aromatic heterocycles. The number of hydrogen-bond acceptors (Lipinski definition) is 4. The fourth-order valence-electron chi connectivity index (χ4n) is 1.33. The largest absolute Gasteiger partial charge is 0.444 e. The van der Waals surface area contributed by atoms with Gasteiger partial charge in [-0.15, -0.1) is 0 Å². The molecule has 1 atom stereocenters. The lowest BCUT2D eigenvalue weighted by Crippen LogP contribution is -2.43. The Labute approximate surface area is 113 Å². The molecular formula is C13H23N3O3. The molecule has 0 radical (unpaired) electrons. The number of aryl methyl sites for hydroxylation is 2. The van der Waals surface area contributed by atoms with Gasteiger partial charge in [-0.1, -0.05) is 20.8 Å². The Morgan fingerprint density at radius 2 is 2.00 bits per heavy atom. The number of rotatable bonds is 4. The van der Waals surface area contributed by atoms with Crippen LogP contribution in [-0.2, 0) is 6.54 Å². The highest BCUT2D eigenvalue weighted by Crippen LogP contribution is 2.17. The van der Waals surface area contributed by atoms with Gasteiger partial charge in [0.2, 0.25) is 5.89 Å². The van der Waals surface area contributed by atoms with Gasteiger partial charge in [0.05, 0.1) is 18.3 Å². The molecule has 0 saturated carbocycles. The fraction of sp³-hybridized carbons (Fsp3) is 0.692. The summed E-state index contributed by atoms with van der Waals surface area (Å²) in [4.78, 5) is 15.7. The van der Waals surface area contributed by atoms with Crippen LogP contribution in [0.15, 0.2) is 4.42 Å². The smallest absolute Gasteiger partial charge is 0.315 e. The van der Waals surface area contributed by atoms with Crippen molar-refractivity contribution in [3.63, 3.8) is 0 Å². The van der Waals surface area contributed by atoms with Gasteiger partial charge < -0.3 is 20.2 Å². The molecule has 1 unspecified atom stereocenters. The highest BCUT2D eigenvalue weighted by Gasteiger charge is 2.22. The van der Waals surface area contributed by atoms with E-state index in [1.807, 2.05) is 34.6 Å². The normalized spacial score (nSPS) is 13.2. The standard InChI is InChI=1S/C13H23N3O3/c1-8-9(2)19-11(16-8)7-15-12(18)14-6-10(17)13(3,4)5/h10,17H,6-7H2,1-5H3,(H2,14,15,18). The number of carbonyl (C=O) groups excluding carboxylic acids is 1. The quantitative estimate of drug-likeness (QED) is 0.773. The Hall–Kier alpha value is -1.56. The van der Waals surface area contributed by atoms with E-state index in [4.69, 9.17) is 4.42 Å². The van der Waals surface area contributed by atoms with Crippen LogP contribution in [0.5, 0.6) is 0 Å². The molecule has 3 N–H and O–H groups in total. The van der Waals surface area contributed by atoms with Gasteiger partial charge >= 0.3 is 6.03 Å². The Kier molecular flexibility index (Phi) is 4.94. The van der Waals surface area contributed by atoms with Gasteiger partial charge in [-0.05, 0) is 19.3 Å². The summed E-state index contributed by atoms with van der Waals surface area (Å²) in [6.45, 7) is 9.85. The number of carbonyl (C=O) groups is 1. The van der Waals surface area contributed by atoms with Crippen LogP contribution in [0.4, 0.5) is 4.79 Å². The van der Waals surface area contributed by atoms with E-state index in [-0.39, 0.29) is 24.5 Å². The lowest BCUT2D eigenvalue weighted by Gasteiger charge is -2.25. The van der Waals surface area contributed by atoms with Gasteiger partial charge in [0.15, 0.2) is 0 Å². The third-order valence-corrected chi connectivity index (χ3v) is 2.93. The number of oxazole rings is 1. The van der Waals surface area contributed by atoms with Crippen LogP contribution >= 0.6 is 0 Å². The van der Waals surface area contributed by atoms with E-state index >= 15 is 0 Å². The molecule has 0 aromatic carbocycles. The summed E-state index contributed by atoms with van der Waals surface area (Å²) in [7, 11) is 0. The summed E-state index contributed by atoms with van der Waals surface area (Å²) in [5, 5.41) is 15.0. The van der Waals surface area contributed by atoms with Crippen molar-refractivity contribution in [2.75, 3.05) is 6.54 Å². The molecule has 1 heterocycles. The number of hydrogen-bond donors (Lipinski definition) is 3. The van der Waals surface area contributed by atoms with E-state index in [1.54, 1.807) is 0 Å². The van der Waals surface area contributed by atoms with Crippen molar-refractivity contribution in [1.82, 2.24) is 15.6 Å². The second-order valence-corrected chi connectivity index (χ2v) is 5.69. The number of amides is 2. The van der Waals surface area contributed by atoms with Gasteiger partial charge in [0, 0.05) is 6.54 Å². The Morgan fingerprint density at radius 1 is 1.37 bits per heavy atom. The van der Waals surface area contributed by atoms with Crippen molar-refractivity contribution in [3.8, 4) is 0 Å². The molecule has 2 amide bonds. The van der Waals surface area contributed by atoms with E-state index in [2.05, 4.69) is 15.6 Å². The molecule has 19 heavy (non-hydrogen) atoms. The minimum Gasteiger partial charge on any atom is -0.444 e. The average Bonchev–Trinajstić information content (AvgIpc) is 2.62. The fourth-order valence-corrected chi connectivity index (χ4v) is 1.33. The van der Waals surface area contributed by atoms with Crippen LogP contribution in [0, 0.1) is 19.3 Å². The van der Waals surface area contributed by atoms with E-state index < -0.39 is 6.10 Å². The topological polar surface area (TPSA) is 87.4 Å². The van der Waals surface area contributed by atoms with Crippen molar-refractivity contribution in [2.24, 2.45) is 5.41 Å². The van der Waals surface area contributed by atoms with Crippen molar-refractivity contribution >= 4 is 6.03 Å². The number of nitrogens with one attached hydrogen (secondary N) is 2. The summed E-state index contributed by atoms with van der Waals surface area (Å²) in [5.74, 6) is 1.22. The van der Waals surface area contributed by atoms with Crippen molar-refractivity contribution in [2.45, 2.75) is 47.3 Å². The van der Waals surface area contributed by atoms with E-state index in [0.717, 1.165) is 11.5 Å². The second-order valence-electron chi connectivity index (χ2n) is 5.69. The lowest BCUT2D eigenvalue weighted by atomic mass is 9.89. The molecule has 6 nitrogen and oxygen atoms in total. The van der Waals surface area contributed by atoms with Crippen LogP contribution in [0.2, 0.25) is 0 Å². The van der Waals surface area contributed by atoms with E-state index in [1.165, 1.54) is 0 Å². The average molecular weight is 269 g/mol.